The lowest BCUT2D eigenvalue weighted by molar-refractivity contribution is 0.102. The van der Waals surface area contributed by atoms with Gasteiger partial charge in [-0.2, -0.15) is 13.9 Å². The molecule has 3 aromatic rings. The van der Waals surface area contributed by atoms with Crippen molar-refractivity contribution in [3.05, 3.63) is 76.4 Å². The Labute approximate surface area is 161 Å². The summed E-state index contributed by atoms with van der Waals surface area (Å²) < 4.78 is 27.4. The second-order valence-corrected chi connectivity index (χ2v) is 7.34. The highest BCUT2D eigenvalue weighted by Gasteiger charge is 2.11. The van der Waals surface area contributed by atoms with E-state index in [1.807, 2.05) is 24.3 Å². The number of amides is 1. The first-order chi connectivity index (χ1) is 12.5. The van der Waals surface area contributed by atoms with E-state index in [0.717, 1.165) is 10.0 Å². The molecule has 0 fully saturated rings. The smallest absolute Gasteiger partial charge is 0.288 e. The van der Waals surface area contributed by atoms with Gasteiger partial charge in [-0.25, -0.2) is 4.68 Å². The molecular weight excluding hydrogens is 424 g/mol. The number of carbonyl (C=O) groups is 1. The van der Waals surface area contributed by atoms with E-state index in [9.17, 15) is 13.6 Å². The van der Waals surface area contributed by atoms with E-state index < -0.39 is 5.76 Å². The van der Waals surface area contributed by atoms with Crippen molar-refractivity contribution in [3.8, 4) is 0 Å². The molecule has 0 aliphatic heterocycles. The predicted octanol–water partition coefficient (Wildman–Crippen LogP) is 5.26. The number of nitrogens with zero attached hydrogens (tertiary/aromatic N) is 2. The first kappa shape index (κ1) is 18.6. The van der Waals surface area contributed by atoms with Crippen LogP contribution in [-0.2, 0) is 6.54 Å². The number of thioether (sulfide) groups is 1. The lowest BCUT2D eigenvalue weighted by atomic mass is 10.2. The summed E-state index contributed by atoms with van der Waals surface area (Å²) in [4.78, 5) is 12.8. The fraction of sp³-hybridized carbons (Fsp3) is 0.111. The zero-order chi connectivity index (χ0) is 18.5. The first-order valence-electron chi connectivity index (χ1n) is 7.64. The molecule has 1 aromatic heterocycles. The second-order valence-electron chi connectivity index (χ2n) is 5.36. The number of anilines is 1. The molecule has 0 saturated carbocycles. The molecule has 0 aliphatic rings. The van der Waals surface area contributed by atoms with Gasteiger partial charge in [-0.05, 0) is 42.0 Å². The number of hydrogen-bond donors (Lipinski definition) is 1. The van der Waals surface area contributed by atoms with Crippen LogP contribution >= 0.6 is 27.7 Å². The molecular formula is C18H14BrF2N3OS. The molecule has 1 heterocycles. The molecule has 1 N–H and O–H groups in total. The summed E-state index contributed by atoms with van der Waals surface area (Å²) >= 11 is 3.84. The summed E-state index contributed by atoms with van der Waals surface area (Å²) in [6.07, 6.45) is 1.61. The molecule has 0 atom stereocenters. The van der Waals surface area contributed by atoms with Crippen LogP contribution in [0.4, 0.5) is 14.6 Å². The van der Waals surface area contributed by atoms with Crippen molar-refractivity contribution in [2.24, 2.45) is 0 Å². The van der Waals surface area contributed by atoms with Crippen molar-refractivity contribution >= 4 is 39.4 Å². The summed E-state index contributed by atoms with van der Waals surface area (Å²) in [6, 6.07) is 15.6. The second kappa shape index (κ2) is 8.46. The minimum atomic E-state index is -2.48. The molecule has 0 aliphatic carbocycles. The van der Waals surface area contributed by atoms with Crippen LogP contribution < -0.4 is 5.32 Å². The molecule has 0 saturated heterocycles. The van der Waals surface area contributed by atoms with Crippen LogP contribution in [0, 0.1) is 0 Å². The van der Waals surface area contributed by atoms with Crippen LogP contribution in [0.5, 0.6) is 0 Å². The maximum absolute atomic E-state index is 12.4. The van der Waals surface area contributed by atoms with Gasteiger partial charge in [0.2, 0.25) is 0 Å². The van der Waals surface area contributed by atoms with Gasteiger partial charge >= 0.3 is 0 Å². The average molecular weight is 438 g/mol. The topological polar surface area (TPSA) is 46.9 Å². The molecule has 0 radical (unpaired) electrons. The number of hydrogen-bond acceptors (Lipinski definition) is 3. The van der Waals surface area contributed by atoms with Gasteiger partial charge in [-0.1, -0.05) is 39.8 Å². The summed E-state index contributed by atoms with van der Waals surface area (Å²) in [5.41, 5.74) is 1.43. The standard InChI is InChI=1S/C18H14BrF2N3OS/c19-14-5-1-12(2-6-14)11-24-16(9-10-22-24)23-17(25)13-3-7-15(8-4-13)26-18(20)21/h1-10,18H,11H2,(H,23,25). The average Bonchev–Trinajstić information content (AvgIpc) is 3.04. The van der Waals surface area contributed by atoms with E-state index in [4.69, 9.17) is 0 Å². The fourth-order valence-corrected chi connectivity index (χ4v) is 3.07. The Balaban J connectivity index is 1.68. The van der Waals surface area contributed by atoms with Gasteiger partial charge in [0.05, 0.1) is 12.7 Å². The van der Waals surface area contributed by atoms with Crippen molar-refractivity contribution in [1.29, 1.82) is 0 Å². The summed E-state index contributed by atoms with van der Waals surface area (Å²) in [5.74, 6) is -2.25. The van der Waals surface area contributed by atoms with E-state index in [0.29, 0.717) is 34.6 Å². The van der Waals surface area contributed by atoms with Gasteiger partial charge in [0.1, 0.15) is 5.82 Å². The van der Waals surface area contributed by atoms with Crippen molar-refractivity contribution in [3.63, 3.8) is 0 Å². The Morgan fingerprint density at radius 1 is 1.12 bits per heavy atom. The molecule has 0 bridgehead atoms. The van der Waals surface area contributed by atoms with Gasteiger partial charge in [-0.3, -0.25) is 4.79 Å². The Morgan fingerprint density at radius 2 is 1.81 bits per heavy atom. The zero-order valence-electron chi connectivity index (χ0n) is 13.4. The number of nitrogens with one attached hydrogen (secondary N) is 1. The zero-order valence-corrected chi connectivity index (χ0v) is 15.8. The monoisotopic (exact) mass is 437 g/mol. The highest BCUT2D eigenvalue weighted by atomic mass is 79.9. The SMILES string of the molecule is O=C(Nc1ccnn1Cc1ccc(Br)cc1)c1ccc(SC(F)F)cc1. The van der Waals surface area contributed by atoms with Gasteiger partial charge in [-0.15, -0.1) is 0 Å². The fourth-order valence-electron chi connectivity index (χ4n) is 2.30. The van der Waals surface area contributed by atoms with Crippen LogP contribution in [0.1, 0.15) is 15.9 Å². The number of halogens is 3. The third kappa shape index (κ3) is 4.92. The summed E-state index contributed by atoms with van der Waals surface area (Å²) in [5, 5.41) is 7.03. The van der Waals surface area contributed by atoms with E-state index >= 15 is 0 Å². The largest absolute Gasteiger partial charge is 0.307 e. The van der Waals surface area contributed by atoms with Crippen LogP contribution in [0.2, 0.25) is 0 Å². The molecule has 0 spiro atoms. The predicted molar refractivity (Wildman–Crippen MR) is 102 cm³/mol. The first-order valence-corrected chi connectivity index (χ1v) is 9.31. The Kier molecular flexibility index (Phi) is 6.05. The number of carbonyl (C=O) groups excluding carboxylic acids is 1. The van der Waals surface area contributed by atoms with Gasteiger partial charge < -0.3 is 5.32 Å². The highest BCUT2D eigenvalue weighted by molar-refractivity contribution is 9.10. The maximum atomic E-state index is 12.4. The molecule has 26 heavy (non-hydrogen) atoms. The van der Waals surface area contributed by atoms with Crippen LogP contribution in [0.15, 0.2) is 70.2 Å². The number of benzene rings is 2. The molecule has 0 unspecified atom stereocenters. The van der Waals surface area contributed by atoms with Gasteiger partial charge in [0.15, 0.2) is 0 Å². The van der Waals surface area contributed by atoms with Crippen molar-refractivity contribution in [2.45, 2.75) is 17.2 Å². The van der Waals surface area contributed by atoms with Crippen LogP contribution in [-0.4, -0.2) is 21.4 Å². The Bertz CT molecular complexity index is 882. The molecule has 8 heteroatoms. The number of alkyl halides is 2. The number of aromatic nitrogens is 2. The van der Waals surface area contributed by atoms with Crippen LogP contribution in [0.3, 0.4) is 0 Å². The minimum absolute atomic E-state index is 0.323. The molecule has 3 rings (SSSR count). The molecule has 4 nitrogen and oxygen atoms in total. The van der Waals surface area contributed by atoms with Crippen LogP contribution in [0.25, 0.3) is 0 Å². The third-order valence-corrected chi connectivity index (χ3v) is 4.80. The number of rotatable bonds is 6. The Hall–Kier alpha value is -2.19. The highest BCUT2D eigenvalue weighted by Crippen LogP contribution is 2.25. The van der Waals surface area contributed by atoms with Gasteiger partial charge in [0.25, 0.3) is 11.7 Å². The van der Waals surface area contributed by atoms with E-state index in [1.165, 1.54) is 24.3 Å². The van der Waals surface area contributed by atoms with E-state index in [-0.39, 0.29) is 5.91 Å². The lowest BCUT2D eigenvalue weighted by Crippen LogP contribution is -2.16. The minimum Gasteiger partial charge on any atom is -0.307 e. The third-order valence-electron chi connectivity index (χ3n) is 3.55. The molecule has 134 valence electrons. The summed E-state index contributed by atoms with van der Waals surface area (Å²) in [6.45, 7) is 0.514. The van der Waals surface area contributed by atoms with Crippen molar-refractivity contribution < 1.29 is 13.6 Å². The molecule has 1 amide bonds. The Morgan fingerprint density at radius 3 is 2.46 bits per heavy atom. The lowest BCUT2D eigenvalue weighted by Gasteiger charge is -2.10. The quantitative estimate of drug-likeness (QED) is 0.534. The molecule has 2 aromatic carbocycles. The summed E-state index contributed by atoms with van der Waals surface area (Å²) in [7, 11) is 0. The maximum Gasteiger partial charge on any atom is 0.288 e. The van der Waals surface area contributed by atoms with Gasteiger partial charge in [0, 0.05) is 21.0 Å². The van der Waals surface area contributed by atoms with Crippen molar-refractivity contribution in [2.75, 3.05) is 5.32 Å². The van der Waals surface area contributed by atoms with E-state index in [2.05, 4.69) is 26.3 Å². The normalized spacial score (nSPS) is 10.9. The van der Waals surface area contributed by atoms with E-state index in [1.54, 1.807) is 16.9 Å². The van der Waals surface area contributed by atoms with Crippen molar-refractivity contribution in [1.82, 2.24) is 9.78 Å².